The van der Waals surface area contributed by atoms with Gasteiger partial charge in [-0.25, -0.2) is 4.79 Å². The van der Waals surface area contributed by atoms with Gasteiger partial charge in [0.2, 0.25) is 0 Å². The largest absolute Gasteiger partial charge is 0.490 e. The summed E-state index contributed by atoms with van der Waals surface area (Å²) in [7, 11) is 0. The van der Waals surface area contributed by atoms with Gasteiger partial charge < -0.3 is 19.3 Å². The quantitative estimate of drug-likeness (QED) is 0.586. The number of hydrogen-bond acceptors (Lipinski definition) is 4. The molecule has 0 atom stereocenters. The summed E-state index contributed by atoms with van der Waals surface area (Å²) in [6.07, 6.45) is -4.45. The molecule has 0 aromatic heterocycles. The molecule has 21 heavy (non-hydrogen) atoms. The smallest absolute Gasteiger partial charge is 0.411 e. The number of carbonyl (C=O) groups is 1. The molecule has 0 aliphatic carbocycles. The first kappa shape index (κ1) is 17.6. The van der Waals surface area contributed by atoms with E-state index >= 15 is 0 Å². The molecule has 0 saturated carbocycles. The van der Waals surface area contributed by atoms with Gasteiger partial charge in [-0.05, 0) is 35.0 Å². The predicted molar refractivity (Wildman–Crippen MR) is 69.8 cm³/mol. The van der Waals surface area contributed by atoms with Gasteiger partial charge in [-0.1, -0.05) is 0 Å². The van der Waals surface area contributed by atoms with Crippen LogP contribution in [0.25, 0.3) is 0 Å². The molecule has 0 bridgehead atoms. The van der Waals surface area contributed by atoms with E-state index in [1.54, 1.807) is 6.92 Å². The van der Waals surface area contributed by atoms with Gasteiger partial charge in [0.1, 0.15) is 6.61 Å². The fourth-order valence-corrected chi connectivity index (χ4v) is 1.91. The Labute approximate surface area is 126 Å². The Bertz CT molecular complexity index is 504. The Morgan fingerprint density at radius 3 is 2.52 bits per heavy atom. The topological polar surface area (TPSA) is 65.0 Å². The van der Waals surface area contributed by atoms with Crippen molar-refractivity contribution in [1.82, 2.24) is 0 Å². The first-order valence-electron chi connectivity index (χ1n) is 5.71. The molecule has 1 aromatic carbocycles. The zero-order chi connectivity index (χ0) is 16.0. The third-order valence-corrected chi connectivity index (χ3v) is 2.70. The molecular weight excluding hydrogens is 361 g/mol. The van der Waals surface area contributed by atoms with E-state index in [2.05, 4.69) is 20.7 Å². The van der Waals surface area contributed by atoms with Crippen molar-refractivity contribution >= 4 is 21.9 Å². The highest BCUT2D eigenvalue weighted by molar-refractivity contribution is 9.10. The lowest BCUT2D eigenvalue weighted by Crippen LogP contribution is -2.19. The van der Waals surface area contributed by atoms with E-state index in [1.807, 2.05) is 0 Å². The van der Waals surface area contributed by atoms with Crippen LogP contribution in [0.15, 0.2) is 16.6 Å². The molecule has 1 N–H and O–H groups in total. The summed E-state index contributed by atoms with van der Waals surface area (Å²) in [5.41, 5.74) is -0.0473. The summed E-state index contributed by atoms with van der Waals surface area (Å²) in [6.45, 7) is -0.188. The SMILES string of the molecule is CCOc1cc(C(=O)O)cc(Br)c1OCOCC(F)(F)F. The number of ether oxygens (including phenoxy) is 3. The second-order valence-electron chi connectivity index (χ2n) is 3.75. The zero-order valence-corrected chi connectivity index (χ0v) is 12.5. The minimum atomic E-state index is -4.45. The van der Waals surface area contributed by atoms with E-state index in [1.165, 1.54) is 12.1 Å². The van der Waals surface area contributed by atoms with Crippen LogP contribution in [0.1, 0.15) is 17.3 Å². The molecule has 0 aliphatic rings. The van der Waals surface area contributed by atoms with Gasteiger partial charge >= 0.3 is 12.1 Å². The van der Waals surface area contributed by atoms with Crippen molar-refractivity contribution in [3.8, 4) is 11.5 Å². The van der Waals surface area contributed by atoms with Gasteiger partial charge in [-0.2, -0.15) is 13.2 Å². The maximum Gasteiger partial charge on any atom is 0.411 e. The Hall–Kier alpha value is -1.48. The van der Waals surface area contributed by atoms with Crippen LogP contribution in [0.4, 0.5) is 13.2 Å². The maximum atomic E-state index is 11.9. The molecule has 5 nitrogen and oxygen atoms in total. The fraction of sp³-hybridized carbons (Fsp3) is 0.417. The first-order chi connectivity index (χ1) is 9.74. The predicted octanol–water partition coefficient (Wildman–Crippen LogP) is 3.46. The summed E-state index contributed by atoms with van der Waals surface area (Å²) in [4.78, 5) is 10.9. The lowest BCUT2D eigenvalue weighted by atomic mass is 10.2. The summed E-state index contributed by atoms with van der Waals surface area (Å²) >= 11 is 3.08. The highest BCUT2D eigenvalue weighted by Crippen LogP contribution is 2.37. The fourth-order valence-electron chi connectivity index (χ4n) is 1.35. The average Bonchev–Trinajstić information content (AvgIpc) is 2.35. The van der Waals surface area contributed by atoms with Crippen molar-refractivity contribution in [3.05, 3.63) is 22.2 Å². The van der Waals surface area contributed by atoms with E-state index in [0.717, 1.165) is 0 Å². The van der Waals surface area contributed by atoms with Crippen LogP contribution in [-0.2, 0) is 4.74 Å². The molecule has 0 spiro atoms. The maximum absolute atomic E-state index is 11.9. The van der Waals surface area contributed by atoms with Crippen molar-refractivity contribution < 1.29 is 37.3 Å². The van der Waals surface area contributed by atoms with Crippen molar-refractivity contribution in [2.75, 3.05) is 20.0 Å². The van der Waals surface area contributed by atoms with Crippen molar-refractivity contribution in [3.63, 3.8) is 0 Å². The second-order valence-corrected chi connectivity index (χ2v) is 4.60. The number of benzene rings is 1. The van der Waals surface area contributed by atoms with E-state index in [9.17, 15) is 18.0 Å². The number of carboxylic acid groups (broad SMARTS) is 1. The molecule has 118 valence electrons. The average molecular weight is 373 g/mol. The van der Waals surface area contributed by atoms with Gasteiger partial charge in [0, 0.05) is 0 Å². The van der Waals surface area contributed by atoms with E-state index in [4.69, 9.17) is 14.6 Å². The van der Waals surface area contributed by atoms with Crippen molar-refractivity contribution in [2.45, 2.75) is 13.1 Å². The molecule has 1 rings (SSSR count). The molecule has 0 fully saturated rings. The monoisotopic (exact) mass is 372 g/mol. The van der Waals surface area contributed by atoms with E-state index in [-0.39, 0.29) is 28.1 Å². The molecule has 0 radical (unpaired) electrons. The molecule has 1 aromatic rings. The van der Waals surface area contributed by atoms with Crippen LogP contribution in [0.3, 0.4) is 0 Å². The summed E-state index contributed by atoms with van der Waals surface area (Å²) < 4.78 is 50.6. The number of carboxylic acids is 1. The molecule has 0 aliphatic heterocycles. The molecule has 0 saturated heterocycles. The third kappa shape index (κ3) is 5.80. The lowest BCUT2D eigenvalue weighted by molar-refractivity contribution is -0.186. The normalized spacial score (nSPS) is 11.3. The van der Waals surface area contributed by atoms with Gasteiger partial charge in [0.15, 0.2) is 18.3 Å². The Morgan fingerprint density at radius 1 is 1.33 bits per heavy atom. The van der Waals surface area contributed by atoms with Crippen LogP contribution in [0, 0.1) is 0 Å². The van der Waals surface area contributed by atoms with Crippen LogP contribution in [0.5, 0.6) is 11.5 Å². The van der Waals surface area contributed by atoms with Crippen LogP contribution in [0.2, 0.25) is 0 Å². The summed E-state index contributed by atoms with van der Waals surface area (Å²) in [5.74, 6) is -1.000. The van der Waals surface area contributed by atoms with Crippen LogP contribution in [-0.4, -0.2) is 37.3 Å². The van der Waals surface area contributed by atoms with Gasteiger partial charge in [-0.15, -0.1) is 0 Å². The second kappa shape index (κ2) is 7.51. The Balaban J connectivity index is 2.82. The summed E-state index contributed by atoms with van der Waals surface area (Å²) in [6, 6.07) is 2.47. The standard InChI is InChI=1S/C12H12BrF3O5/c1-2-20-9-4-7(11(17)18)3-8(13)10(9)21-6-19-5-12(14,15)16/h3-4H,2,5-6H2,1H3,(H,17,18). The highest BCUT2D eigenvalue weighted by atomic mass is 79.9. The number of aromatic carboxylic acids is 1. The van der Waals surface area contributed by atoms with Crippen LogP contribution < -0.4 is 9.47 Å². The van der Waals surface area contributed by atoms with Gasteiger partial charge in [0.25, 0.3) is 0 Å². The molecule has 0 amide bonds. The number of hydrogen-bond donors (Lipinski definition) is 1. The van der Waals surface area contributed by atoms with Crippen molar-refractivity contribution in [2.24, 2.45) is 0 Å². The molecule has 0 unspecified atom stereocenters. The highest BCUT2D eigenvalue weighted by Gasteiger charge is 2.27. The third-order valence-electron chi connectivity index (χ3n) is 2.11. The molecule has 9 heteroatoms. The summed E-state index contributed by atoms with van der Waals surface area (Å²) in [5, 5.41) is 8.93. The Morgan fingerprint density at radius 2 is 2.00 bits per heavy atom. The van der Waals surface area contributed by atoms with Crippen LogP contribution >= 0.6 is 15.9 Å². The van der Waals surface area contributed by atoms with E-state index < -0.39 is 25.5 Å². The Kier molecular flexibility index (Phi) is 6.28. The molecular formula is C12H12BrF3O5. The zero-order valence-electron chi connectivity index (χ0n) is 10.9. The lowest BCUT2D eigenvalue weighted by Gasteiger charge is -2.15. The van der Waals surface area contributed by atoms with E-state index in [0.29, 0.717) is 0 Å². The van der Waals surface area contributed by atoms with Gasteiger partial charge in [-0.3, -0.25) is 0 Å². The number of alkyl halides is 3. The minimum absolute atomic E-state index is 0.0473. The molecule has 0 heterocycles. The van der Waals surface area contributed by atoms with Gasteiger partial charge in [0.05, 0.1) is 16.6 Å². The minimum Gasteiger partial charge on any atom is -0.490 e. The number of rotatable bonds is 7. The first-order valence-corrected chi connectivity index (χ1v) is 6.50. The number of halogens is 4. The van der Waals surface area contributed by atoms with Crippen molar-refractivity contribution in [1.29, 1.82) is 0 Å².